The lowest BCUT2D eigenvalue weighted by molar-refractivity contribution is 0.0708. The largest absolute Gasteiger partial charge is 0.459 e. The number of piperazine rings is 1. The summed E-state index contributed by atoms with van der Waals surface area (Å²) in [6.45, 7) is 5.43. The van der Waals surface area contributed by atoms with Gasteiger partial charge in [-0.15, -0.1) is 0 Å². The van der Waals surface area contributed by atoms with Gasteiger partial charge in [0, 0.05) is 55.8 Å². The summed E-state index contributed by atoms with van der Waals surface area (Å²) < 4.78 is 5.40. The summed E-state index contributed by atoms with van der Waals surface area (Å²) in [6, 6.07) is 19.8. The Labute approximate surface area is 221 Å². The number of aromatic nitrogens is 2. The van der Waals surface area contributed by atoms with Gasteiger partial charge in [0.2, 0.25) is 0 Å². The van der Waals surface area contributed by atoms with Gasteiger partial charge in [-0.05, 0) is 36.2 Å². The second-order valence-corrected chi connectivity index (χ2v) is 9.75. The Morgan fingerprint density at radius 1 is 0.789 bits per heavy atom. The first-order valence-electron chi connectivity index (χ1n) is 12.9. The van der Waals surface area contributed by atoms with Gasteiger partial charge in [0.25, 0.3) is 11.8 Å². The summed E-state index contributed by atoms with van der Waals surface area (Å²) in [4.78, 5) is 41.3. The molecule has 0 saturated carbocycles. The minimum absolute atomic E-state index is 0.00861. The van der Waals surface area contributed by atoms with Crippen molar-refractivity contribution in [2.24, 2.45) is 0 Å². The summed E-state index contributed by atoms with van der Waals surface area (Å²) >= 11 is 0. The standard InChI is InChI=1S/C30H29N5O3/c1-21-12-18-38-27(21)30(37)34-16-14-33(15-17-34)28-25-19-35(13-11-26(25)31-20-32-28)29(36)24-9-7-23(8-10-24)22-5-3-2-4-6-22/h2-10,12,18,20H,11,13-17,19H2,1H3. The molecule has 192 valence electrons. The third kappa shape index (κ3) is 4.53. The van der Waals surface area contributed by atoms with Gasteiger partial charge in [-0.25, -0.2) is 9.97 Å². The lowest BCUT2D eigenvalue weighted by Gasteiger charge is -2.37. The van der Waals surface area contributed by atoms with Crippen LogP contribution in [0.1, 0.15) is 37.7 Å². The van der Waals surface area contributed by atoms with Gasteiger partial charge in [-0.2, -0.15) is 0 Å². The summed E-state index contributed by atoms with van der Waals surface area (Å²) in [5.74, 6) is 1.19. The molecule has 2 aromatic heterocycles. The van der Waals surface area contributed by atoms with Crippen LogP contribution in [0.5, 0.6) is 0 Å². The average Bonchev–Trinajstić information content (AvgIpc) is 3.42. The number of anilines is 1. The molecule has 2 aromatic carbocycles. The molecule has 2 aliphatic heterocycles. The van der Waals surface area contributed by atoms with E-state index in [0.717, 1.165) is 33.8 Å². The Morgan fingerprint density at radius 2 is 1.53 bits per heavy atom. The minimum Gasteiger partial charge on any atom is -0.459 e. The SMILES string of the molecule is Cc1ccoc1C(=O)N1CCN(c2ncnc3c2CN(C(=O)c2ccc(-c4ccccc4)cc2)CC3)CC1. The highest BCUT2D eigenvalue weighted by atomic mass is 16.3. The van der Waals surface area contributed by atoms with E-state index < -0.39 is 0 Å². The molecule has 0 aliphatic carbocycles. The average molecular weight is 508 g/mol. The van der Waals surface area contributed by atoms with E-state index in [-0.39, 0.29) is 11.8 Å². The van der Waals surface area contributed by atoms with Crippen LogP contribution in [-0.2, 0) is 13.0 Å². The molecule has 6 rings (SSSR count). The van der Waals surface area contributed by atoms with Crippen LogP contribution in [0.2, 0.25) is 0 Å². The van der Waals surface area contributed by atoms with Gasteiger partial charge in [0.15, 0.2) is 5.76 Å². The van der Waals surface area contributed by atoms with E-state index in [1.54, 1.807) is 18.7 Å². The van der Waals surface area contributed by atoms with E-state index in [9.17, 15) is 9.59 Å². The van der Waals surface area contributed by atoms with Crippen LogP contribution < -0.4 is 4.90 Å². The molecule has 2 aliphatic rings. The number of carbonyl (C=O) groups excluding carboxylic acids is 2. The fourth-order valence-corrected chi connectivity index (χ4v) is 5.25. The third-order valence-corrected chi connectivity index (χ3v) is 7.43. The molecule has 8 heteroatoms. The lowest BCUT2D eigenvalue weighted by Crippen LogP contribution is -2.49. The first-order chi connectivity index (χ1) is 18.6. The molecule has 0 spiro atoms. The summed E-state index contributed by atoms with van der Waals surface area (Å²) in [6.07, 6.45) is 3.85. The number of carbonyl (C=O) groups is 2. The topological polar surface area (TPSA) is 82.8 Å². The molecule has 0 atom stereocenters. The maximum Gasteiger partial charge on any atom is 0.289 e. The molecule has 8 nitrogen and oxygen atoms in total. The van der Waals surface area contributed by atoms with E-state index in [1.807, 2.05) is 59.2 Å². The van der Waals surface area contributed by atoms with Gasteiger partial charge in [-0.1, -0.05) is 42.5 Å². The van der Waals surface area contributed by atoms with E-state index in [0.29, 0.717) is 57.0 Å². The number of aryl methyl sites for hydroxylation is 1. The molecule has 38 heavy (non-hydrogen) atoms. The second-order valence-electron chi connectivity index (χ2n) is 9.75. The Balaban J connectivity index is 1.15. The molecule has 0 N–H and O–H groups in total. The van der Waals surface area contributed by atoms with E-state index in [4.69, 9.17) is 4.42 Å². The number of fused-ring (bicyclic) bond motifs is 1. The molecule has 4 aromatic rings. The predicted molar refractivity (Wildman–Crippen MR) is 144 cm³/mol. The van der Waals surface area contributed by atoms with Crippen molar-refractivity contribution >= 4 is 17.6 Å². The lowest BCUT2D eigenvalue weighted by atomic mass is 10.0. The fraction of sp³-hybridized carbons (Fsp3) is 0.267. The van der Waals surface area contributed by atoms with Gasteiger partial charge in [0.05, 0.1) is 18.5 Å². The zero-order chi connectivity index (χ0) is 26.1. The van der Waals surface area contributed by atoms with E-state index in [1.165, 1.54) is 0 Å². The highest BCUT2D eigenvalue weighted by Gasteiger charge is 2.30. The second kappa shape index (κ2) is 10.1. The Hall–Kier alpha value is -4.46. The summed E-state index contributed by atoms with van der Waals surface area (Å²) in [5.41, 5.74) is 5.72. The summed E-state index contributed by atoms with van der Waals surface area (Å²) in [5, 5.41) is 0. The highest BCUT2D eigenvalue weighted by Crippen LogP contribution is 2.28. The fourth-order valence-electron chi connectivity index (χ4n) is 5.25. The molecular formula is C30H29N5O3. The van der Waals surface area contributed by atoms with Crippen molar-refractivity contribution in [1.29, 1.82) is 0 Å². The number of nitrogens with zero attached hydrogens (tertiary/aromatic N) is 5. The number of benzene rings is 2. The zero-order valence-corrected chi connectivity index (χ0v) is 21.3. The van der Waals surface area contributed by atoms with Crippen molar-refractivity contribution in [1.82, 2.24) is 19.8 Å². The monoisotopic (exact) mass is 507 g/mol. The normalized spacial score (nSPS) is 15.3. The van der Waals surface area contributed by atoms with Crippen molar-refractivity contribution in [2.75, 3.05) is 37.6 Å². The van der Waals surface area contributed by atoms with Gasteiger partial charge >= 0.3 is 0 Å². The van der Waals surface area contributed by atoms with E-state index >= 15 is 0 Å². The third-order valence-electron chi connectivity index (χ3n) is 7.43. The molecule has 1 saturated heterocycles. The Kier molecular flexibility index (Phi) is 6.37. The molecule has 2 amide bonds. The zero-order valence-electron chi connectivity index (χ0n) is 21.3. The first kappa shape index (κ1) is 23.9. The smallest absolute Gasteiger partial charge is 0.289 e. The number of furan rings is 1. The number of amides is 2. The predicted octanol–water partition coefficient (Wildman–Crippen LogP) is 4.21. The molecule has 1 fully saturated rings. The first-order valence-corrected chi connectivity index (χ1v) is 12.9. The highest BCUT2D eigenvalue weighted by molar-refractivity contribution is 5.95. The van der Waals surface area contributed by atoms with Crippen molar-refractivity contribution < 1.29 is 14.0 Å². The maximum atomic E-state index is 13.4. The quantitative estimate of drug-likeness (QED) is 0.412. The van der Waals surface area contributed by atoms with Gasteiger partial charge < -0.3 is 19.1 Å². The molecule has 0 bridgehead atoms. The molecule has 0 radical (unpaired) electrons. The van der Waals surface area contributed by atoms with Crippen molar-refractivity contribution in [3.05, 3.63) is 101 Å². The van der Waals surface area contributed by atoms with Crippen molar-refractivity contribution in [3.63, 3.8) is 0 Å². The summed E-state index contributed by atoms with van der Waals surface area (Å²) in [7, 11) is 0. The van der Waals surface area contributed by atoms with Crippen LogP contribution in [-0.4, -0.2) is 64.3 Å². The van der Waals surface area contributed by atoms with Crippen molar-refractivity contribution in [2.45, 2.75) is 19.9 Å². The number of hydrogen-bond acceptors (Lipinski definition) is 6. The van der Waals surface area contributed by atoms with Gasteiger partial charge in [-0.3, -0.25) is 9.59 Å². The molecular weight excluding hydrogens is 478 g/mol. The minimum atomic E-state index is -0.0769. The van der Waals surface area contributed by atoms with Crippen LogP contribution in [0, 0.1) is 6.92 Å². The Bertz CT molecular complexity index is 1460. The van der Waals surface area contributed by atoms with Crippen LogP contribution in [0.3, 0.4) is 0 Å². The maximum absolute atomic E-state index is 13.4. The number of rotatable bonds is 4. The molecule has 4 heterocycles. The van der Waals surface area contributed by atoms with Crippen LogP contribution in [0.4, 0.5) is 5.82 Å². The van der Waals surface area contributed by atoms with Crippen LogP contribution >= 0.6 is 0 Å². The number of hydrogen-bond donors (Lipinski definition) is 0. The van der Waals surface area contributed by atoms with E-state index in [2.05, 4.69) is 27.0 Å². The van der Waals surface area contributed by atoms with Crippen LogP contribution in [0.25, 0.3) is 11.1 Å². The van der Waals surface area contributed by atoms with Crippen LogP contribution in [0.15, 0.2) is 77.7 Å². The van der Waals surface area contributed by atoms with Crippen molar-refractivity contribution in [3.8, 4) is 11.1 Å². The molecule has 0 unspecified atom stereocenters. The Morgan fingerprint density at radius 3 is 2.24 bits per heavy atom. The van der Waals surface area contributed by atoms with Gasteiger partial charge in [0.1, 0.15) is 12.1 Å².